The van der Waals surface area contributed by atoms with Crippen molar-refractivity contribution < 1.29 is 9.59 Å². The van der Waals surface area contributed by atoms with E-state index in [1.54, 1.807) is 0 Å². The smallest absolute Gasteiger partial charge is 0.167 e. The Balaban J connectivity index is 3.10. The Morgan fingerprint density at radius 3 is 1.86 bits per heavy atom. The first-order valence-corrected chi connectivity index (χ1v) is 12.4. The monoisotopic (exact) mass is 412 g/mol. The van der Waals surface area contributed by atoms with E-state index in [2.05, 4.69) is 59.5 Å². The summed E-state index contributed by atoms with van der Waals surface area (Å²) in [6.45, 7) is 19.1. The number of rotatable bonds is 8. The van der Waals surface area contributed by atoms with E-state index in [4.69, 9.17) is 0 Å². The second kappa shape index (κ2) is 9.43. The molecular weight excluding hydrogens is 375 g/mol. The highest BCUT2D eigenvalue weighted by atomic mass is 31.1. The SMILES string of the molecule is CCC(=O)c1c(C(C)C)cc(C(C)C)c(-p2ccc(C)c2C(=O)CC)c1C(C)C. The lowest BCUT2D eigenvalue weighted by Crippen LogP contribution is -2.13. The van der Waals surface area contributed by atoms with Crippen molar-refractivity contribution in [3.63, 3.8) is 0 Å². The number of aryl methyl sites for hydroxylation is 1. The van der Waals surface area contributed by atoms with E-state index in [-0.39, 0.29) is 23.4 Å². The van der Waals surface area contributed by atoms with Gasteiger partial charge in [0.15, 0.2) is 11.6 Å². The van der Waals surface area contributed by atoms with Gasteiger partial charge in [-0.2, -0.15) is 0 Å². The standard InChI is InChI=1S/C26H37O2P/c1-10-21(27)24-19(15(3)4)14-20(16(5)6)26(23(24)17(7)8)29-13-12-18(9)25(29)22(28)11-2/h12-17H,10-11H2,1-9H3. The first kappa shape index (κ1) is 23.6. The third kappa shape index (κ3) is 4.43. The van der Waals surface area contributed by atoms with Gasteiger partial charge in [-0.25, -0.2) is 0 Å². The minimum absolute atomic E-state index is 0.219. The van der Waals surface area contributed by atoms with Crippen molar-refractivity contribution in [2.24, 2.45) is 0 Å². The molecule has 0 saturated carbocycles. The summed E-state index contributed by atoms with van der Waals surface area (Å²) < 4.78 is 0. The van der Waals surface area contributed by atoms with Crippen molar-refractivity contribution in [2.75, 3.05) is 0 Å². The quantitative estimate of drug-likeness (QED) is 0.407. The van der Waals surface area contributed by atoms with Crippen molar-refractivity contribution >= 4 is 19.1 Å². The number of ketones is 2. The second-order valence-corrected chi connectivity index (χ2v) is 10.9. The van der Waals surface area contributed by atoms with Crippen LogP contribution in [0.15, 0.2) is 17.9 Å². The van der Waals surface area contributed by atoms with Crippen molar-refractivity contribution in [1.82, 2.24) is 0 Å². The molecule has 1 aromatic heterocycles. The van der Waals surface area contributed by atoms with Crippen LogP contribution in [0, 0.1) is 6.92 Å². The molecule has 0 radical (unpaired) electrons. The molecule has 0 aliphatic carbocycles. The Bertz CT molecular complexity index is 913. The Labute approximate surface area is 178 Å². The van der Waals surface area contributed by atoms with Gasteiger partial charge in [-0.3, -0.25) is 9.59 Å². The summed E-state index contributed by atoms with van der Waals surface area (Å²) in [7, 11) is -0.875. The molecule has 3 heteroatoms. The van der Waals surface area contributed by atoms with Crippen molar-refractivity contribution in [3.05, 3.63) is 51.0 Å². The summed E-state index contributed by atoms with van der Waals surface area (Å²) in [4.78, 5) is 26.0. The molecule has 2 rings (SSSR count). The van der Waals surface area contributed by atoms with Gasteiger partial charge < -0.3 is 0 Å². The van der Waals surface area contributed by atoms with E-state index in [0.717, 1.165) is 22.0 Å². The normalized spacial score (nSPS) is 12.3. The van der Waals surface area contributed by atoms with Crippen LogP contribution >= 0.6 is 7.53 Å². The molecule has 0 saturated heterocycles. The van der Waals surface area contributed by atoms with Crippen LogP contribution in [0.25, 0.3) is 5.30 Å². The highest BCUT2D eigenvalue weighted by Crippen LogP contribution is 2.54. The van der Waals surface area contributed by atoms with E-state index in [1.165, 1.54) is 16.4 Å². The van der Waals surface area contributed by atoms with Gasteiger partial charge in [-0.1, -0.05) is 75.1 Å². The average molecular weight is 413 g/mol. The molecule has 0 bridgehead atoms. The molecule has 1 heterocycles. The fraction of sp³-hybridized carbons (Fsp3) is 0.538. The van der Waals surface area contributed by atoms with E-state index < -0.39 is 7.53 Å². The molecule has 0 N–H and O–H groups in total. The Morgan fingerprint density at radius 1 is 0.862 bits per heavy atom. The minimum Gasteiger partial charge on any atom is -0.294 e. The zero-order chi connectivity index (χ0) is 22.0. The fourth-order valence-electron chi connectivity index (χ4n) is 4.19. The molecule has 0 spiro atoms. The summed E-state index contributed by atoms with van der Waals surface area (Å²) in [6, 6.07) is 4.39. The number of hydrogen-bond acceptors (Lipinski definition) is 2. The summed E-state index contributed by atoms with van der Waals surface area (Å²) in [5.41, 5.74) is 5.65. The van der Waals surface area contributed by atoms with E-state index in [9.17, 15) is 9.59 Å². The van der Waals surface area contributed by atoms with Crippen molar-refractivity contribution in [2.45, 2.75) is 92.9 Å². The van der Waals surface area contributed by atoms with Gasteiger partial charge in [0.05, 0.1) is 0 Å². The number of hydrogen-bond donors (Lipinski definition) is 0. The van der Waals surface area contributed by atoms with E-state index >= 15 is 0 Å². The van der Waals surface area contributed by atoms with Crippen LogP contribution < -0.4 is 0 Å². The highest BCUT2D eigenvalue weighted by molar-refractivity contribution is 7.58. The van der Waals surface area contributed by atoms with Gasteiger partial charge in [0.25, 0.3) is 0 Å². The van der Waals surface area contributed by atoms with Crippen LogP contribution in [0.1, 0.15) is 129 Å². The van der Waals surface area contributed by atoms with Crippen LogP contribution in [0.2, 0.25) is 0 Å². The summed E-state index contributed by atoms with van der Waals surface area (Å²) in [5, 5.41) is 2.23. The van der Waals surface area contributed by atoms with Gasteiger partial charge in [-0.15, -0.1) is 0 Å². The lowest BCUT2D eigenvalue weighted by atomic mass is 9.82. The third-order valence-electron chi connectivity index (χ3n) is 5.73. The molecule has 0 amide bonds. The van der Waals surface area contributed by atoms with Crippen molar-refractivity contribution in [1.29, 1.82) is 0 Å². The zero-order valence-corrected chi connectivity index (χ0v) is 20.5. The maximum absolute atomic E-state index is 13.2. The first-order valence-electron chi connectivity index (χ1n) is 11.0. The summed E-state index contributed by atoms with van der Waals surface area (Å²) in [5.74, 6) is 3.53. The molecule has 0 aliphatic rings. The topological polar surface area (TPSA) is 34.1 Å². The van der Waals surface area contributed by atoms with Crippen LogP contribution in [0.3, 0.4) is 0 Å². The van der Waals surface area contributed by atoms with Crippen LogP contribution in [0.5, 0.6) is 0 Å². The molecule has 0 fully saturated rings. The molecule has 2 nitrogen and oxygen atoms in total. The minimum atomic E-state index is -0.875. The molecule has 158 valence electrons. The Hall–Kier alpha value is -1.66. The van der Waals surface area contributed by atoms with Crippen LogP contribution in [0.4, 0.5) is 0 Å². The number of Topliss-reactive ketones (excluding diaryl/α,β-unsaturated/α-hetero) is 2. The van der Waals surface area contributed by atoms with Crippen molar-refractivity contribution in [3.8, 4) is 5.30 Å². The van der Waals surface area contributed by atoms with Crippen LogP contribution in [-0.2, 0) is 0 Å². The number of carbonyl (C=O) groups excluding carboxylic acids is 2. The first-order chi connectivity index (χ1) is 13.6. The predicted octanol–water partition coefficient (Wildman–Crippen LogP) is 8.53. The van der Waals surface area contributed by atoms with Gasteiger partial charge in [-0.05, 0) is 52.7 Å². The summed E-state index contributed by atoms with van der Waals surface area (Å²) >= 11 is 0. The Kier molecular flexibility index (Phi) is 7.68. The maximum atomic E-state index is 13.2. The van der Waals surface area contributed by atoms with Gasteiger partial charge >= 0.3 is 0 Å². The van der Waals surface area contributed by atoms with Gasteiger partial charge in [0.1, 0.15) is 0 Å². The summed E-state index contributed by atoms with van der Waals surface area (Å²) in [6.07, 6.45) is 1.02. The van der Waals surface area contributed by atoms with E-state index in [1.807, 2.05) is 20.8 Å². The molecule has 1 unspecified atom stereocenters. The lowest BCUT2D eigenvalue weighted by Gasteiger charge is -2.27. The molecule has 1 aromatic carbocycles. The maximum Gasteiger partial charge on any atom is 0.167 e. The molecule has 0 aliphatic heterocycles. The molecular formula is C26H37O2P. The number of carbonyl (C=O) groups is 2. The predicted molar refractivity (Wildman–Crippen MR) is 127 cm³/mol. The van der Waals surface area contributed by atoms with Gasteiger partial charge in [0, 0.05) is 29.0 Å². The lowest BCUT2D eigenvalue weighted by molar-refractivity contribution is 0.0980. The number of benzene rings is 1. The fourth-order valence-corrected chi connectivity index (χ4v) is 7.20. The highest BCUT2D eigenvalue weighted by Gasteiger charge is 2.28. The molecule has 29 heavy (non-hydrogen) atoms. The molecule has 2 aromatic rings. The van der Waals surface area contributed by atoms with E-state index in [0.29, 0.717) is 18.8 Å². The third-order valence-corrected chi connectivity index (χ3v) is 8.25. The van der Waals surface area contributed by atoms with Crippen LogP contribution in [-0.4, -0.2) is 11.6 Å². The zero-order valence-electron chi connectivity index (χ0n) is 19.6. The average Bonchev–Trinajstić information content (AvgIpc) is 3.05. The largest absolute Gasteiger partial charge is 0.294 e. The Morgan fingerprint density at radius 2 is 1.41 bits per heavy atom. The molecule has 1 atom stereocenters. The second-order valence-electron chi connectivity index (χ2n) is 8.93. The van der Waals surface area contributed by atoms with Gasteiger partial charge in [0.2, 0.25) is 0 Å².